The molecule has 218 valence electrons. The molecule has 0 amide bonds. The zero-order valence-electron chi connectivity index (χ0n) is 25.0. The number of nitrogens with one attached hydrogen (secondary N) is 1. The molecule has 1 aromatic carbocycles. The summed E-state index contributed by atoms with van der Waals surface area (Å²) in [5.41, 5.74) is 6.00. The number of fused-ring (bicyclic) bond motifs is 1. The molecule has 3 aliphatic rings. The quantitative estimate of drug-likeness (QED) is 0.313. The number of nitrogens with zero attached hydrogens (tertiary/aromatic N) is 7. The summed E-state index contributed by atoms with van der Waals surface area (Å²) in [7, 11) is 4.28. The highest BCUT2D eigenvalue weighted by atomic mass is 15.3. The number of pyridine rings is 2. The zero-order valence-corrected chi connectivity index (χ0v) is 25.0. The SMILES string of the molecule is C=C(Nc1cc2cc(-c3cnn(C)c3CN3CCCCC3)ccc2cn1)c1ccnc(N2CC3(CCN(C)CC3)C2)c1. The molecule has 3 aliphatic heterocycles. The van der Waals surface area contributed by atoms with Gasteiger partial charge >= 0.3 is 0 Å². The van der Waals surface area contributed by atoms with Crippen molar-refractivity contribution in [3.8, 4) is 11.1 Å². The number of likely N-dealkylation sites (tertiary alicyclic amines) is 2. The summed E-state index contributed by atoms with van der Waals surface area (Å²) >= 11 is 0. The minimum absolute atomic E-state index is 0.470. The van der Waals surface area contributed by atoms with Gasteiger partial charge in [-0.25, -0.2) is 9.97 Å². The summed E-state index contributed by atoms with van der Waals surface area (Å²) in [6.07, 6.45) is 12.3. The first-order valence-electron chi connectivity index (χ1n) is 15.4. The number of aromatic nitrogens is 4. The van der Waals surface area contributed by atoms with Crippen LogP contribution in [0.25, 0.3) is 27.6 Å². The Morgan fingerprint density at radius 1 is 0.905 bits per heavy atom. The lowest BCUT2D eigenvalue weighted by atomic mass is 9.72. The molecule has 7 rings (SSSR count). The molecule has 0 saturated carbocycles. The fourth-order valence-electron chi connectivity index (χ4n) is 6.94. The first-order chi connectivity index (χ1) is 20.4. The predicted molar refractivity (Wildman–Crippen MR) is 171 cm³/mol. The fourth-order valence-corrected chi connectivity index (χ4v) is 6.94. The van der Waals surface area contributed by atoms with Gasteiger partial charge in [0.2, 0.25) is 0 Å². The van der Waals surface area contributed by atoms with Gasteiger partial charge in [-0.1, -0.05) is 25.1 Å². The van der Waals surface area contributed by atoms with Crippen LogP contribution < -0.4 is 10.2 Å². The summed E-state index contributed by atoms with van der Waals surface area (Å²) in [6, 6.07) is 12.9. The van der Waals surface area contributed by atoms with Crippen molar-refractivity contribution in [2.45, 2.75) is 38.6 Å². The van der Waals surface area contributed by atoms with Crippen molar-refractivity contribution in [1.82, 2.24) is 29.5 Å². The lowest BCUT2D eigenvalue weighted by molar-refractivity contribution is 0.0900. The first-order valence-corrected chi connectivity index (χ1v) is 15.4. The smallest absolute Gasteiger partial charge is 0.130 e. The number of benzene rings is 1. The Hall–Kier alpha value is -3.75. The van der Waals surface area contributed by atoms with Crippen molar-refractivity contribution in [1.29, 1.82) is 0 Å². The molecule has 1 spiro atoms. The number of hydrogen-bond donors (Lipinski definition) is 1. The van der Waals surface area contributed by atoms with Gasteiger partial charge in [0.15, 0.2) is 0 Å². The second-order valence-corrected chi connectivity index (χ2v) is 12.8. The van der Waals surface area contributed by atoms with Crippen molar-refractivity contribution in [3.63, 3.8) is 0 Å². The van der Waals surface area contributed by atoms with Gasteiger partial charge in [0.25, 0.3) is 0 Å². The van der Waals surface area contributed by atoms with Crippen LogP contribution >= 0.6 is 0 Å². The van der Waals surface area contributed by atoms with Crippen LogP contribution in [0, 0.1) is 5.41 Å². The highest BCUT2D eigenvalue weighted by Gasteiger charge is 2.44. The van der Waals surface area contributed by atoms with Crippen LogP contribution in [0.4, 0.5) is 11.6 Å². The van der Waals surface area contributed by atoms with Gasteiger partial charge in [-0.05, 0) is 94.1 Å². The number of rotatable bonds is 7. The van der Waals surface area contributed by atoms with Crippen LogP contribution in [-0.2, 0) is 13.6 Å². The van der Waals surface area contributed by atoms with Gasteiger partial charge < -0.3 is 15.1 Å². The van der Waals surface area contributed by atoms with Gasteiger partial charge in [0, 0.05) is 66.7 Å². The molecule has 8 heteroatoms. The van der Waals surface area contributed by atoms with E-state index in [4.69, 9.17) is 4.98 Å². The number of hydrogen-bond acceptors (Lipinski definition) is 7. The summed E-state index contributed by atoms with van der Waals surface area (Å²) in [5, 5.41) is 10.3. The van der Waals surface area contributed by atoms with E-state index >= 15 is 0 Å². The molecule has 0 bridgehead atoms. The number of piperidine rings is 2. The molecule has 42 heavy (non-hydrogen) atoms. The van der Waals surface area contributed by atoms with Crippen LogP contribution in [0.5, 0.6) is 0 Å². The Morgan fingerprint density at radius 2 is 1.71 bits per heavy atom. The van der Waals surface area contributed by atoms with Crippen molar-refractivity contribution >= 4 is 28.1 Å². The molecule has 3 fully saturated rings. The third-order valence-electron chi connectivity index (χ3n) is 9.71. The molecule has 0 aliphatic carbocycles. The molecular formula is C34H42N8. The van der Waals surface area contributed by atoms with Gasteiger partial charge in [-0.2, -0.15) is 5.10 Å². The van der Waals surface area contributed by atoms with E-state index in [1.165, 1.54) is 75.1 Å². The topological polar surface area (TPSA) is 65.4 Å². The van der Waals surface area contributed by atoms with Crippen LogP contribution in [0.15, 0.2) is 61.6 Å². The molecule has 8 nitrogen and oxygen atoms in total. The monoisotopic (exact) mass is 562 g/mol. The summed E-state index contributed by atoms with van der Waals surface area (Å²) < 4.78 is 2.04. The fraction of sp³-hybridized carbons (Fsp3) is 0.441. The average molecular weight is 563 g/mol. The normalized spacial score (nSPS) is 19.2. The van der Waals surface area contributed by atoms with Crippen molar-refractivity contribution < 1.29 is 0 Å². The number of aryl methyl sites for hydroxylation is 1. The average Bonchev–Trinajstić information content (AvgIpc) is 3.36. The summed E-state index contributed by atoms with van der Waals surface area (Å²) in [6.45, 7) is 12.2. The lowest BCUT2D eigenvalue weighted by Gasteiger charge is -2.54. The maximum absolute atomic E-state index is 4.70. The molecule has 6 heterocycles. The Bertz CT molecular complexity index is 1580. The van der Waals surface area contributed by atoms with E-state index < -0.39 is 0 Å². The predicted octanol–water partition coefficient (Wildman–Crippen LogP) is 5.63. The van der Waals surface area contributed by atoms with Crippen LogP contribution in [0.2, 0.25) is 0 Å². The third kappa shape index (κ3) is 5.41. The van der Waals surface area contributed by atoms with Crippen LogP contribution in [0.1, 0.15) is 43.4 Å². The molecule has 4 aromatic rings. The van der Waals surface area contributed by atoms with E-state index in [2.05, 4.69) is 81.1 Å². The van der Waals surface area contributed by atoms with Gasteiger partial charge in [-0.3, -0.25) is 9.58 Å². The Kier molecular flexibility index (Phi) is 7.20. The van der Waals surface area contributed by atoms with E-state index in [1.807, 2.05) is 29.3 Å². The largest absolute Gasteiger partial charge is 0.355 e. The van der Waals surface area contributed by atoms with Crippen molar-refractivity contribution in [3.05, 3.63) is 72.8 Å². The maximum Gasteiger partial charge on any atom is 0.130 e. The molecule has 0 radical (unpaired) electrons. The van der Waals surface area contributed by atoms with Crippen LogP contribution in [0.3, 0.4) is 0 Å². The molecule has 1 N–H and O–H groups in total. The molecule has 3 saturated heterocycles. The second-order valence-electron chi connectivity index (χ2n) is 12.8. The van der Waals surface area contributed by atoms with Crippen molar-refractivity contribution in [2.75, 3.05) is 56.5 Å². The second kappa shape index (κ2) is 11.2. The standard InChI is InChI=1S/C34H42N8/c1-25(26-9-12-35-33(19-26)42-23-34(24-42)10-15-39(2)16-11-34)38-32-18-29-17-27(7-8-28(29)20-36-32)30-21-37-40(3)31(30)22-41-13-5-4-6-14-41/h7-9,12,17-21H,1,4-6,10-11,13-16,22-24H2,2-3H3,(H,36,38). The van der Waals surface area contributed by atoms with Gasteiger partial charge in [0.1, 0.15) is 11.6 Å². The first kappa shape index (κ1) is 27.1. The van der Waals surface area contributed by atoms with Crippen LogP contribution in [-0.4, -0.2) is 75.9 Å². The lowest BCUT2D eigenvalue weighted by Crippen LogP contribution is -2.60. The molecule has 0 atom stereocenters. The minimum atomic E-state index is 0.470. The van der Waals surface area contributed by atoms with E-state index in [9.17, 15) is 0 Å². The third-order valence-corrected chi connectivity index (χ3v) is 9.71. The minimum Gasteiger partial charge on any atom is -0.355 e. The highest BCUT2D eigenvalue weighted by molar-refractivity contribution is 5.90. The van der Waals surface area contributed by atoms with Crippen molar-refractivity contribution in [2.24, 2.45) is 12.5 Å². The Morgan fingerprint density at radius 3 is 2.52 bits per heavy atom. The highest BCUT2D eigenvalue weighted by Crippen LogP contribution is 2.42. The maximum atomic E-state index is 4.70. The van der Waals surface area contributed by atoms with Gasteiger partial charge in [0.05, 0.1) is 11.9 Å². The molecule has 0 unspecified atom stereocenters. The summed E-state index contributed by atoms with van der Waals surface area (Å²) in [5.74, 6) is 1.82. The van der Waals surface area contributed by atoms with Gasteiger partial charge in [-0.15, -0.1) is 0 Å². The van der Waals surface area contributed by atoms with E-state index in [0.717, 1.165) is 53.3 Å². The number of anilines is 2. The summed E-state index contributed by atoms with van der Waals surface area (Å²) in [4.78, 5) is 16.8. The van der Waals surface area contributed by atoms with E-state index in [-0.39, 0.29) is 0 Å². The van der Waals surface area contributed by atoms with E-state index in [0.29, 0.717) is 5.41 Å². The van der Waals surface area contributed by atoms with E-state index in [1.54, 1.807) is 0 Å². The Balaban J connectivity index is 1.06. The molecular weight excluding hydrogens is 520 g/mol. The zero-order chi connectivity index (χ0) is 28.7. The molecule has 3 aromatic heterocycles. The Labute approximate surface area is 249 Å².